The third-order valence-corrected chi connectivity index (χ3v) is 4.30. The summed E-state index contributed by atoms with van der Waals surface area (Å²) in [6.45, 7) is 0. The minimum absolute atomic E-state index is 0.0280. The molecule has 0 fully saturated rings. The Kier molecular flexibility index (Phi) is 4.57. The molecule has 2 rings (SSSR count). The van der Waals surface area contributed by atoms with Crippen LogP contribution in [0.2, 0.25) is 0 Å². The predicted octanol–water partition coefficient (Wildman–Crippen LogP) is 2.94. The number of carbonyl (C=O) groups is 1. The molecule has 0 aromatic heterocycles. The number of nitrogens with one attached hydrogen (secondary N) is 1. The minimum atomic E-state index is -4.53. The van der Waals surface area contributed by atoms with Crippen molar-refractivity contribution < 1.29 is 26.4 Å². The van der Waals surface area contributed by atoms with Crippen LogP contribution >= 0.6 is 0 Å². The third kappa shape index (κ3) is 4.05. The second-order valence-corrected chi connectivity index (χ2v) is 7.07. The van der Waals surface area contributed by atoms with Gasteiger partial charge in [0.2, 0.25) is 0 Å². The number of carbonyl (C=O) groups excluding carboxylic acids is 1. The number of amides is 1. The largest absolute Gasteiger partial charge is 0.416 e. The van der Waals surface area contributed by atoms with Crippen molar-refractivity contribution in [3.8, 4) is 0 Å². The molecule has 0 atom stereocenters. The number of hydrogen-bond acceptors (Lipinski definition) is 4. The predicted molar refractivity (Wildman–Crippen MR) is 83.4 cm³/mol. The van der Waals surface area contributed by atoms with Gasteiger partial charge in [-0.3, -0.25) is 4.79 Å². The molecule has 0 unspecified atom stereocenters. The van der Waals surface area contributed by atoms with E-state index in [9.17, 15) is 26.4 Å². The van der Waals surface area contributed by atoms with Gasteiger partial charge in [-0.05, 0) is 42.5 Å². The number of rotatable bonds is 3. The average molecular weight is 358 g/mol. The number of alkyl halides is 3. The third-order valence-electron chi connectivity index (χ3n) is 3.17. The van der Waals surface area contributed by atoms with Crippen LogP contribution in [0.1, 0.15) is 15.9 Å². The lowest BCUT2D eigenvalue weighted by Crippen LogP contribution is -2.14. The van der Waals surface area contributed by atoms with E-state index in [0.29, 0.717) is 0 Å². The number of benzene rings is 2. The lowest BCUT2D eigenvalue weighted by Gasteiger charge is -2.12. The van der Waals surface area contributed by atoms with E-state index in [1.165, 1.54) is 24.3 Å². The van der Waals surface area contributed by atoms with Crippen LogP contribution in [-0.4, -0.2) is 20.6 Å². The van der Waals surface area contributed by atoms with Gasteiger partial charge < -0.3 is 11.1 Å². The molecular formula is C15H13F3N2O3S. The van der Waals surface area contributed by atoms with Gasteiger partial charge in [0, 0.05) is 11.8 Å². The Balaban J connectivity index is 2.21. The van der Waals surface area contributed by atoms with Crippen molar-refractivity contribution >= 4 is 27.1 Å². The van der Waals surface area contributed by atoms with Gasteiger partial charge in [-0.1, -0.05) is 0 Å². The van der Waals surface area contributed by atoms with Crippen molar-refractivity contribution in [1.82, 2.24) is 0 Å². The fourth-order valence-electron chi connectivity index (χ4n) is 1.90. The lowest BCUT2D eigenvalue weighted by molar-refractivity contribution is -0.137. The summed E-state index contributed by atoms with van der Waals surface area (Å²) >= 11 is 0. The van der Waals surface area contributed by atoms with Crippen LogP contribution in [-0.2, 0) is 16.0 Å². The number of sulfone groups is 1. The summed E-state index contributed by atoms with van der Waals surface area (Å²) in [5.74, 6) is -0.624. The van der Waals surface area contributed by atoms with E-state index in [0.717, 1.165) is 24.5 Å². The first-order valence-electron chi connectivity index (χ1n) is 6.56. The van der Waals surface area contributed by atoms with Crippen LogP contribution in [0, 0.1) is 0 Å². The molecule has 0 radical (unpaired) electrons. The van der Waals surface area contributed by atoms with Gasteiger partial charge in [-0.2, -0.15) is 13.2 Å². The van der Waals surface area contributed by atoms with Crippen LogP contribution < -0.4 is 11.1 Å². The fraction of sp³-hybridized carbons (Fsp3) is 0.133. The van der Waals surface area contributed by atoms with E-state index in [2.05, 4.69) is 5.32 Å². The van der Waals surface area contributed by atoms with Gasteiger partial charge in [0.15, 0.2) is 9.84 Å². The summed E-state index contributed by atoms with van der Waals surface area (Å²) < 4.78 is 60.4. The number of nitrogens with two attached hydrogens (primary N) is 1. The van der Waals surface area contributed by atoms with Gasteiger partial charge in [0.25, 0.3) is 5.91 Å². The summed E-state index contributed by atoms with van der Waals surface area (Å²) in [6, 6.07) is 7.71. The van der Waals surface area contributed by atoms with E-state index in [1.54, 1.807) is 0 Å². The van der Waals surface area contributed by atoms with E-state index in [1.807, 2.05) is 0 Å². The lowest BCUT2D eigenvalue weighted by atomic mass is 10.1. The normalized spacial score (nSPS) is 12.0. The van der Waals surface area contributed by atoms with E-state index in [-0.39, 0.29) is 21.8 Å². The zero-order valence-corrected chi connectivity index (χ0v) is 13.2. The second kappa shape index (κ2) is 6.16. The number of anilines is 2. The Morgan fingerprint density at radius 1 is 1.08 bits per heavy atom. The summed E-state index contributed by atoms with van der Waals surface area (Å²) in [7, 11) is -3.39. The fourth-order valence-corrected chi connectivity index (χ4v) is 2.53. The molecule has 0 saturated carbocycles. The van der Waals surface area contributed by atoms with Crippen molar-refractivity contribution in [2.45, 2.75) is 11.1 Å². The van der Waals surface area contributed by atoms with Crippen LogP contribution in [0.3, 0.4) is 0 Å². The Morgan fingerprint density at radius 3 is 2.12 bits per heavy atom. The standard InChI is InChI=1S/C15H13F3N2O3S/c1-24(22,23)11-5-2-9(3-6-11)14(21)20-13-7-4-10(8-12(13)19)15(16,17)18/h2-8H,19H2,1H3,(H,20,21). The SMILES string of the molecule is CS(=O)(=O)c1ccc(C(=O)Nc2ccc(C(F)(F)F)cc2N)cc1. The maximum absolute atomic E-state index is 12.6. The van der Waals surface area contributed by atoms with E-state index < -0.39 is 27.5 Å². The highest BCUT2D eigenvalue weighted by Crippen LogP contribution is 2.32. The molecule has 2 aromatic carbocycles. The molecule has 0 spiro atoms. The highest BCUT2D eigenvalue weighted by Gasteiger charge is 2.30. The van der Waals surface area contributed by atoms with E-state index in [4.69, 9.17) is 5.73 Å². The molecule has 0 saturated heterocycles. The minimum Gasteiger partial charge on any atom is -0.397 e. The van der Waals surface area contributed by atoms with Gasteiger partial charge in [-0.25, -0.2) is 8.42 Å². The monoisotopic (exact) mass is 358 g/mol. The molecule has 0 bridgehead atoms. The quantitative estimate of drug-likeness (QED) is 0.826. The first-order chi connectivity index (χ1) is 11.0. The molecule has 0 heterocycles. The molecule has 1 amide bonds. The summed E-state index contributed by atoms with van der Waals surface area (Å²) in [6.07, 6.45) is -3.50. The summed E-state index contributed by atoms with van der Waals surface area (Å²) in [5, 5.41) is 2.38. The first kappa shape index (κ1) is 17.8. The van der Waals surface area contributed by atoms with Gasteiger partial charge in [-0.15, -0.1) is 0 Å². The Hall–Kier alpha value is -2.55. The highest BCUT2D eigenvalue weighted by atomic mass is 32.2. The van der Waals surface area contributed by atoms with Gasteiger partial charge in [0.1, 0.15) is 0 Å². The average Bonchev–Trinajstić information content (AvgIpc) is 2.47. The molecule has 0 aliphatic heterocycles. The van der Waals surface area contributed by atoms with Crippen LogP contribution in [0.15, 0.2) is 47.4 Å². The Bertz CT molecular complexity index is 876. The molecule has 9 heteroatoms. The number of halogens is 3. The zero-order chi connectivity index (χ0) is 18.1. The Labute approximate surface area is 136 Å². The first-order valence-corrected chi connectivity index (χ1v) is 8.46. The molecule has 5 nitrogen and oxygen atoms in total. The van der Waals surface area contributed by atoms with E-state index >= 15 is 0 Å². The van der Waals surface area contributed by atoms with Crippen molar-refractivity contribution in [2.24, 2.45) is 0 Å². The molecular weight excluding hydrogens is 345 g/mol. The van der Waals surface area contributed by atoms with Gasteiger partial charge in [0.05, 0.1) is 21.8 Å². The van der Waals surface area contributed by atoms with Gasteiger partial charge >= 0.3 is 6.18 Å². The number of nitrogen functional groups attached to an aromatic ring is 1. The molecule has 2 aromatic rings. The van der Waals surface area contributed by atoms with Crippen molar-refractivity contribution in [1.29, 1.82) is 0 Å². The van der Waals surface area contributed by atoms with Crippen LogP contribution in [0.5, 0.6) is 0 Å². The van der Waals surface area contributed by atoms with Crippen LogP contribution in [0.4, 0.5) is 24.5 Å². The Morgan fingerprint density at radius 2 is 1.67 bits per heavy atom. The molecule has 0 aliphatic carbocycles. The molecule has 3 N–H and O–H groups in total. The summed E-state index contributed by atoms with van der Waals surface area (Å²) in [5.41, 5.74) is 4.55. The maximum Gasteiger partial charge on any atom is 0.416 e. The van der Waals surface area contributed by atoms with Crippen molar-refractivity contribution in [3.63, 3.8) is 0 Å². The number of hydrogen-bond donors (Lipinski definition) is 2. The maximum atomic E-state index is 12.6. The van der Waals surface area contributed by atoms with Crippen molar-refractivity contribution in [3.05, 3.63) is 53.6 Å². The molecule has 24 heavy (non-hydrogen) atoms. The van der Waals surface area contributed by atoms with Crippen molar-refractivity contribution in [2.75, 3.05) is 17.3 Å². The zero-order valence-electron chi connectivity index (χ0n) is 12.4. The highest BCUT2D eigenvalue weighted by molar-refractivity contribution is 7.90. The second-order valence-electron chi connectivity index (χ2n) is 5.05. The topological polar surface area (TPSA) is 89.3 Å². The smallest absolute Gasteiger partial charge is 0.397 e. The summed E-state index contributed by atoms with van der Waals surface area (Å²) in [4.78, 5) is 12.1. The van der Waals surface area contributed by atoms with Crippen LogP contribution in [0.25, 0.3) is 0 Å². The molecule has 0 aliphatic rings. The molecule has 128 valence electrons.